The van der Waals surface area contributed by atoms with E-state index in [0.29, 0.717) is 6.04 Å². The van der Waals surface area contributed by atoms with Crippen LogP contribution in [-0.2, 0) is 11.3 Å². The molecule has 2 aromatic carbocycles. The average Bonchev–Trinajstić information content (AvgIpc) is 3.27. The van der Waals surface area contributed by atoms with Gasteiger partial charge in [0.2, 0.25) is 0 Å². The third-order valence-electron chi connectivity index (χ3n) is 5.29. The van der Waals surface area contributed by atoms with Crippen LogP contribution in [0.25, 0.3) is 5.69 Å². The minimum absolute atomic E-state index is 0.368. The van der Waals surface area contributed by atoms with Crippen LogP contribution in [0.5, 0.6) is 0 Å². The molecule has 1 saturated heterocycles. The molecule has 1 aliphatic heterocycles. The molecule has 1 N–H and O–H groups in total. The molecule has 1 aliphatic rings. The van der Waals surface area contributed by atoms with E-state index in [1.54, 1.807) is 6.20 Å². The first kappa shape index (κ1) is 18.9. The minimum Gasteiger partial charge on any atom is -0.379 e. The Morgan fingerprint density at radius 3 is 2.61 bits per heavy atom. The van der Waals surface area contributed by atoms with Crippen molar-refractivity contribution in [2.24, 2.45) is 0 Å². The summed E-state index contributed by atoms with van der Waals surface area (Å²) in [6.45, 7) is 7.54. The van der Waals surface area contributed by atoms with Gasteiger partial charge in [-0.1, -0.05) is 42.0 Å². The molecule has 0 amide bonds. The predicted molar refractivity (Wildman–Crippen MR) is 112 cm³/mol. The van der Waals surface area contributed by atoms with Gasteiger partial charge < -0.3 is 10.1 Å². The van der Waals surface area contributed by atoms with Gasteiger partial charge in [-0.05, 0) is 36.2 Å². The Hall–Kier alpha value is -2.47. The van der Waals surface area contributed by atoms with Crippen molar-refractivity contribution in [1.82, 2.24) is 20.0 Å². The molecule has 2 heterocycles. The van der Waals surface area contributed by atoms with Crippen LogP contribution in [0.4, 0.5) is 0 Å². The first-order chi connectivity index (χ1) is 13.8. The fourth-order valence-corrected chi connectivity index (χ4v) is 3.77. The molecule has 1 unspecified atom stereocenters. The summed E-state index contributed by atoms with van der Waals surface area (Å²) in [5.74, 6) is 0. The maximum atomic E-state index is 5.56. The summed E-state index contributed by atoms with van der Waals surface area (Å²) >= 11 is 0. The molecular weight excluding hydrogens is 348 g/mol. The first-order valence-electron chi connectivity index (χ1n) is 9.97. The van der Waals surface area contributed by atoms with E-state index in [-0.39, 0.29) is 0 Å². The van der Waals surface area contributed by atoms with Gasteiger partial charge in [-0.2, -0.15) is 5.10 Å². The zero-order valence-electron chi connectivity index (χ0n) is 16.4. The summed E-state index contributed by atoms with van der Waals surface area (Å²) in [4.78, 5) is 2.53. The second kappa shape index (κ2) is 9.15. The van der Waals surface area contributed by atoms with E-state index < -0.39 is 0 Å². The van der Waals surface area contributed by atoms with Gasteiger partial charge >= 0.3 is 0 Å². The van der Waals surface area contributed by atoms with E-state index >= 15 is 0 Å². The van der Waals surface area contributed by atoms with E-state index in [0.717, 1.165) is 45.1 Å². The Morgan fingerprint density at radius 1 is 1.07 bits per heavy atom. The summed E-state index contributed by atoms with van der Waals surface area (Å²) in [5.41, 5.74) is 5.05. The molecule has 28 heavy (non-hydrogen) atoms. The molecule has 4 rings (SSSR count). The van der Waals surface area contributed by atoms with E-state index in [1.807, 2.05) is 16.9 Å². The maximum absolute atomic E-state index is 5.56. The fraction of sp³-hybridized carbons (Fsp3) is 0.348. The Kier molecular flexibility index (Phi) is 6.17. The third kappa shape index (κ3) is 4.68. The van der Waals surface area contributed by atoms with Gasteiger partial charge in [0.25, 0.3) is 0 Å². The van der Waals surface area contributed by atoms with E-state index in [1.165, 1.54) is 16.7 Å². The van der Waals surface area contributed by atoms with Gasteiger partial charge in [-0.25, -0.2) is 4.68 Å². The van der Waals surface area contributed by atoms with Crippen LogP contribution >= 0.6 is 0 Å². The van der Waals surface area contributed by atoms with Gasteiger partial charge in [-0.3, -0.25) is 4.90 Å². The Bertz CT molecular complexity index is 855. The van der Waals surface area contributed by atoms with Crippen LogP contribution < -0.4 is 5.32 Å². The number of rotatable bonds is 7. The molecule has 3 aromatic rings. The smallest absolute Gasteiger partial charge is 0.0645 e. The molecule has 5 heteroatoms. The van der Waals surface area contributed by atoms with E-state index in [9.17, 15) is 0 Å². The minimum atomic E-state index is 0.368. The SMILES string of the molecule is Cc1cccc(C(CNCc2ccc(-n3cccn3)cc2)N2CCOCC2)c1. The normalized spacial score (nSPS) is 16.2. The average molecular weight is 377 g/mol. The highest BCUT2D eigenvalue weighted by atomic mass is 16.5. The van der Waals surface area contributed by atoms with Crippen molar-refractivity contribution in [3.8, 4) is 5.69 Å². The number of hydrogen-bond acceptors (Lipinski definition) is 4. The Balaban J connectivity index is 1.40. The first-order valence-corrected chi connectivity index (χ1v) is 9.97. The van der Waals surface area contributed by atoms with Gasteiger partial charge in [0.15, 0.2) is 0 Å². The number of morpholine rings is 1. The molecule has 1 fully saturated rings. The molecule has 0 radical (unpaired) electrons. The number of benzene rings is 2. The summed E-state index contributed by atoms with van der Waals surface area (Å²) < 4.78 is 7.43. The molecule has 0 saturated carbocycles. The van der Waals surface area contributed by atoms with Crippen molar-refractivity contribution in [3.05, 3.63) is 83.7 Å². The van der Waals surface area contributed by atoms with Crippen LogP contribution in [0.15, 0.2) is 67.0 Å². The van der Waals surface area contributed by atoms with Gasteiger partial charge in [0.1, 0.15) is 0 Å². The molecule has 1 atom stereocenters. The van der Waals surface area contributed by atoms with Crippen molar-refractivity contribution < 1.29 is 4.74 Å². The van der Waals surface area contributed by atoms with Gasteiger partial charge in [0.05, 0.1) is 18.9 Å². The fourth-order valence-electron chi connectivity index (χ4n) is 3.77. The van der Waals surface area contributed by atoms with Crippen LogP contribution in [0.1, 0.15) is 22.7 Å². The predicted octanol–water partition coefficient (Wildman–Crippen LogP) is 3.34. The second-order valence-electron chi connectivity index (χ2n) is 7.33. The number of aryl methyl sites for hydroxylation is 1. The van der Waals surface area contributed by atoms with Gasteiger partial charge in [-0.15, -0.1) is 0 Å². The van der Waals surface area contributed by atoms with Crippen molar-refractivity contribution >= 4 is 0 Å². The maximum Gasteiger partial charge on any atom is 0.0645 e. The van der Waals surface area contributed by atoms with Crippen LogP contribution in [0.3, 0.4) is 0 Å². The lowest BCUT2D eigenvalue weighted by atomic mass is 10.0. The molecule has 0 aliphatic carbocycles. The number of nitrogens with zero attached hydrogens (tertiary/aromatic N) is 3. The highest BCUT2D eigenvalue weighted by Crippen LogP contribution is 2.22. The molecule has 146 valence electrons. The summed E-state index contributed by atoms with van der Waals surface area (Å²) in [6, 6.07) is 19.7. The highest BCUT2D eigenvalue weighted by molar-refractivity contribution is 5.33. The van der Waals surface area contributed by atoms with Gasteiger partial charge in [0, 0.05) is 44.6 Å². The molecule has 0 spiro atoms. The molecular formula is C23H28N4O. The second-order valence-corrected chi connectivity index (χ2v) is 7.33. The topological polar surface area (TPSA) is 42.3 Å². The number of hydrogen-bond donors (Lipinski definition) is 1. The monoisotopic (exact) mass is 376 g/mol. The summed E-state index contributed by atoms with van der Waals surface area (Å²) in [7, 11) is 0. The summed E-state index contributed by atoms with van der Waals surface area (Å²) in [6.07, 6.45) is 3.76. The van der Waals surface area contributed by atoms with Crippen molar-refractivity contribution in [1.29, 1.82) is 0 Å². The lowest BCUT2D eigenvalue weighted by Crippen LogP contribution is -2.42. The van der Waals surface area contributed by atoms with Crippen molar-refractivity contribution in [2.45, 2.75) is 19.5 Å². The van der Waals surface area contributed by atoms with E-state index in [4.69, 9.17) is 4.74 Å². The van der Waals surface area contributed by atoms with Crippen LogP contribution in [0.2, 0.25) is 0 Å². The lowest BCUT2D eigenvalue weighted by molar-refractivity contribution is 0.0161. The largest absolute Gasteiger partial charge is 0.379 e. The number of nitrogens with one attached hydrogen (secondary N) is 1. The quantitative estimate of drug-likeness (QED) is 0.687. The van der Waals surface area contributed by atoms with E-state index in [2.05, 4.69) is 70.8 Å². The summed E-state index contributed by atoms with van der Waals surface area (Å²) in [5, 5.41) is 7.95. The third-order valence-corrected chi connectivity index (χ3v) is 5.29. The number of ether oxygens (including phenoxy) is 1. The zero-order chi connectivity index (χ0) is 19.2. The van der Waals surface area contributed by atoms with Crippen LogP contribution in [0, 0.1) is 6.92 Å². The Morgan fingerprint density at radius 2 is 1.89 bits per heavy atom. The van der Waals surface area contributed by atoms with Crippen molar-refractivity contribution in [3.63, 3.8) is 0 Å². The zero-order valence-corrected chi connectivity index (χ0v) is 16.4. The highest BCUT2D eigenvalue weighted by Gasteiger charge is 2.22. The Labute approximate surface area is 166 Å². The standard InChI is InChI=1S/C23H28N4O/c1-19-4-2-5-21(16-19)23(26-12-14-28-15-13-26)18-24-17-20-6-8-22(9-7-20)27-11-3-10-25-27/h2-11,16,23-24H,12-15,17-18H2,1H3. The number of aromatic nitrogens is 2. The molecule has 0 bridgehead atoms. The lowest BCUT2D eigenvalue weighted by Gasteiger charge is -2.35. The molecule has 5 nitrogen and oxygen atoms in total. The van der Waals surface area contributed by atoms with Crippen molar-refractivity contribution in [2.75, 3.05) is 32.8 Å². The molecule has 1 aromatic heterocycles. The van der Waals surface area contributed by atoms with Crippen LogP contribution in [-0.4, -0.2) is 47.5 Å².